The number of allylic oxidation sites excluding steroid dienone is 2. The van der Waals surface area contributed by atoms with E-state index in [2.05, 4.69) is 64.5 Å². The molecule has 0 spiro atoms. The molecule has 138 valence electrons. The van der Waals surface area contributed by atoms with Crippen molar-refractivity contribution in [1.29, 1.82) is 0 Å². The highest BCUT2D eigenvalue weighted by molar-refractivity contribution is 9.11. The van der Waals surface area contributed by atoms with Crippen molar-refractivity contribution >= 4 is 49.6 Å². The highest BCUT2D eigenvalue weighted by atomic mass is 79.9. The molecular weight excluding hydrogens is 422 g/mol. The molecule has 0 amide bonds. The molecule has 3 aromatic rings. The Labute approximate surface area is 170 Å². The molecule has 0 bridgehead atoms. The molecule has 3 heterocycles. The number of benzene rings is 1. The van der Waals surface area contributed by atoms with Crippen LogP contribution in [0, 0.1) is 5.41 Å². The number of anilines is 1. The summed E-state index contributed by atoms with van der Waals surface area (Å²) in [7, 11) is 1.97. The Morgan fingerprint density at radius 1 is 1.26 bits per heavy atom. The Kier molecular flexibility index (Phi) is 3.69. The Morgan fingerprint density at radius 3 is 2.81 bits per heavy atom. The smallest absolute Gasteiger partial charge is 0.162 e. The average molecular weight is 442 g/mol. The SMILES string of the molecule is Cn1ncc2ccc3c(c21)C(c1ccc(Br)s1)C1=C(CC(C)(C)CC1=O)N3. The molecule has 1 aliphatic carbocycles. The van der Waals surface area contributed by atoms with E-state index in [9.17, 15) is 4.79 Å². The zero-order valence-electron chi connectivity index (χ0n) is 15.5. The van der Waals surface area contributed by atoms with Crippen LogP contribution in [0.15, 0.2) is 45.5 Å². The summed E-state index contributed by atoms with van der Waals surface area (Å²) in [5.41, 5.74) is 5.35. The van der Waals surface area contributed by atoms with Crippen molar-refractivity contribution < 1.29 is 4.79 Å². The summed E-state index contributed by atoms with van der Waals surface area (Å²) in [6, 6.07) is 8.45. The molecule has 1 aromatic carbocycles. The number of carbonyl (C=O) groups excluding carboxylic acids is 1. The molecule has 1 unspecified atom stereocenters. The molecule has 0 radical (unpaired) electrons. The van der Waals surface area contributed by atoms with Crippen molar-refractivity contribution in [2.75, 3.05) is 5.32 Å². The van der Waals surface area contributed by atoms with Gasteiger partial charge < -0.3 is 5.32 Å². The number of Topliss-reactive ketones (excluding diaryl/α,β-unsaturated/α-hetero) is 1. The summed E-state index contributed by atoms with van der Waals surface area (Å²) in [5, 5.41) is 9.18. The standard InChI is InChI=1S/C21H20BrN3OS/c1-21(2)8-13-17(14(26)9-21)19(15-6-7-16(22)27-15)18-12(24-13)5-4-11-10-23-25(3)20(11)18/h4-7,10,19,24H,8-9H2,1-3H3. The molecule has 0 saturated heterocycles. The predicted octanol–water partition coefficient (Wildman–Crippen LogP) is 5.60. The number of halogens is 1. The quantitative estimate of drug-likeness (QED) is 0.534. The second kappa shape index (κ2) is 5.79. The number of rotatable bonds is 1. The van der Waals surface area contributed by atoms with Gasteiger partial charge in [-0.25, -0.2) is 0 Å². The summed E-state index contributed by atoms with van der Waals surface area (Å²) in [6.45, 7) is 4.35. The van der Waals surface area contributed by atoms with Crippen LogP contribution < -0.4 is 5.32 Å². The van der Waals surface area contributed by atoms with Gasteiger partial charge in [0, 0.05) is 46.3 Å². The summed E-state index contributed by atoms with van der Waals surface area (Å²) in [4.78, 5) is 14.5. The number of nitrogens with one attached hydrogen (secondary N) is 1. The highest BCUT2D eigenvalue weighted by Gasteiger charge is 2.42. The van der Waals surface area contributed by atoms with Gasteiger partial charge in [-0.2, -0.15) is 5.10 Å². The zero-order chi connectivity index (χ0) is 18.9. The maximum Gasteiger partial charge on any atom is 0.162 e. The summed E-state index contributed by atoms with van der Waals surface area (Å²) < 4.78 is 3.01. The molecular formula is C21H20BrN3OS. The van der Waals surface area contributed by atoms with E-state index in [1.807, 2.05) is 17.9 Å². The monoisotopic (exact) mass is 441 g/mol. The van der Waals surface area contributed by atoms with Crippen LogP contribution in [0.1, 0.15) is 43.0 Å². The van der Waals surface area contributed by atoms with Crippen molar-refractivity contribution in [3.05, 3.63) is 56.0 Å². The van der Waals surface area contributed by atoms with E-state index in [1.54, 1.807) is 11.3 Å². The molecule has 1 N–H and O–H groups in total. The summed E-state index contributed by atoms with van der Waals surface area (Å²) in [6.07, 6.45) is 3.37. The van der Waals surface area contributed by atoms with Gasteiger partial charge in [0.1, 0.15) is 0 Å². The van der Waals surface area contributed by atoms with E-state index in [4.69, 9.17) is 0 Å². The predicted molar refractivity (Wildman–Crippen MR) is 113 cm³/mol. The molecule has 1 atom stereocenters. The molecule has 4 nitrogen and oxygen atoms in total. The molecule has 0 fully saturated rings. The van der Waals surface area contributed by atoms with E-state index in [-0.39, 0.29) is 17.1 Å². The minimum atomic E-state index is -0.0461. The van der Waals surface area contributed by atoms with Crippen LogP contribution in [0.5, 0.6) is 0 Å². The normalized spacial score (nSPS) is 21.2. The third kappa shape index (κ3) is 2.61. The van der Waals surface area contributed by atoms with Gasteiger partial charge >= 0.3 is 0 Å². The first-order valence-electron chi connectivity index (χ1n) is 9.07. The fourth-order valence-corrected chi connectivity index (χ4v) is 6.10. The van der Waals surface area contributed by atoms with E-state index < -0.39 is 0 Å². The Balaban J connectivity index is 1.83. The minimum absolute atomic E-state index is 0.0162. The number of thiophene rings is 1. The maximum atomic E-state index is 13.3. The Morgan fingerprint density at radius 2 is 2.07 bits per heavy atom. The average Bonchev–Trinajstić information content (AvgIpc) is 3.18. The molecule has 6 heteroatoms. The number of carbonyl (C=O) groups is 1. The fourth-order valence-electron chi connectivity index (χ4n) is 4.55. The number of fused-ring (bicyclic) bond motifs is 3. The second-order valence-electron chi connectivity index (χ2n) is 8.27. The van der Waals surface area contributed by atoms with Gasteiger partial charge in [-0.1, -0.05) is 13.8 Å². The van der Waals surface area contributed by atoms with Gasteiger partial charge in [-0.3, -0.25) is 9.48 Å². The van der Waals surface area contributed by atoms with Crippen LogP contribution in [0.2, 0.25) is 0 Å². The third-order valence-corrected chi connectivity index (χ3v) is 7.29. The lowest BCUT2D eigenvalue weighted by molar-refractivity contribution is -0.118. The first kappa shape index (κ1) is 17.2. The Bertz CT molecular complexity index is 1140. The van der Waals surface area contributed by atoms with E-state index >= 15 is 0 Å². The Hall–Kier alpha value is -1.92. The van der Waals surface area contributed by atoms with Crippen molar-refractivity contribution in [3.8, 4) is 0 Å². The zero-order valence-corrected chi connectivity index (χ0v) is 17.9. The molecule has 2 aliphatic rings. The van der Waals surface area contributed by atoms with Crippen LogP contribution in [-0.4, -0.2) is 15.6 Å². The lowest BCUT2D eigenvalue weighted by atomic mass is 9.69. The van der Waals surface area contributed by atoms with Crippen molar-refractivity contribution in [2.24, 2.45) is 12.5 Å². The maximum absolute atomic E-state index is 13.3. The van der Waals surface area contributed by atoms with Crippen LogP contribution >= 0.6 is 27.3 Å². The van der Waals surface area contributed by atoms with Crippen LogP contribution in [0.4, 0.5) is 5.69 Å². The molecule has 5 rings (SSSR count). The van der Waals surface area contributed by atoms with E-state index in [1.165, 1.54) is 4.88 Å². The molecule has 1 aliphatic heterocycles. The van der Waals surface area contributed by atoms with Gasteiger partial charge in [0.25, 0.3) is 0 Å². The van der Waals surface area contributed by atoms with Gasteiger partial charge in [0.15, 0.2) is 5.78 Å². The van der Waals surface area contributed by atoms with Crippen LogP contribution in [0.3, 0.4) is 0 Å². The van der Waals surface area contributed by atoms with Crippen molar-refractivity contribution in [1.82, 2.24) is 9.78 Å². The number of nitrogens with zero attached hydrogens (tertiary/aromatic N) is 2. The number of ketones is 1. The minimum Gasteiger partial charge on any atom is -0.358 e. The number of hydrogen-bond donors (Lipinski definition) is 1. The lowest BCUT2D eigenvalue weighted by Gasteiger charge is -2.39. The van der Waals surface area contributed by atoms with E-state index in [0.29, 0.717) is 6.42 Å². The summed E-state index contributed by atoms with van der Waals surface area (Å²) >= 11 is 5.31. The van der Waals surface area contributed by atoms with Gasteiger partial charge in [0.2, 0.25) is 0 Å². The van der Waals surface area contributed by atoms with Gasteiger partial charge in [0.05, 0.1) is 21.4 Å². The van der Waals surface area contributed by atoms with Gasteiger partial charge in [-0.05, 0) is 52.0 Å². The number of aromatic nitrogens is 2. The fraction of sp³-hybridized carbons (Fsp3) is 0.333. The van der Waals surface area contributed by atoms with Crippen LogP contribution in [-0.2, 0) is 11.8 Å². The molecule has 2 aromatic heterocycles. The topological polar surface area (TPSA) is 46.9 Å². The van der Waals surface area contributed by atoms with Crippen LogP contribution in [0.25, 0.3) is 10.9 Å². The van der Waals surface area contributed by atoms with Crippen molar-refractivity contribution in [2.45, 2.75) is 32.6 Å². The number of aryl methyl sites for hydroxylation is 1. The number of hydrogen-bond acceptors (Lipinski definition) is 4. The first-order chi connectivity index (χ1) is 12.8. The first-order valence-corrected chi connectivity index (χ1v) is 10.7. The molecule has 27 heavy (non-hydrogen) atoms. The van der Waals surface area contributed by atoms with E-state index in [0.717, 1.165) is 43.6 Å². The summed E-state index contributed by atoms with van der Waals surface area (Å²) in [5.74, 6) is 0.211. The molecule has 0 saturated carbocycles. The van der Waals surface area contributed by atoms with Crippen molar-refractivity contribution in [3.63, 3.8) is 0 Å². The largest absolute Gasteiger partial charge is 0.358 e. The lowest BCUT2D eigenvalue weighted by Crippen LogP contribution is -2.33. The second-order valence-corrected chi connectivity index (χ2v) is 10.8. The highest BCUT2D eigenvalue weighted by Crippen LogP contribution is 2.52. The third-order valence-electron chi connectivity index (χ3n) is 5.60. The van der Waals surface area contributed by atoms with Gasteiger partial charge in [-0.15, -0.1) is 11.3 Å².